The van der Waals surface area contributed by atoms with Crippen LogP contribution in [-0.2, 0) is 14.8 Å². The highest BCUT2D eigenvalue weighted by Gasteiger charge is 2.34. The molecule has 1 N–H and O–H groups in total. The van der Waals surface area contributed by atoms with Gasteiger partial charge in [0.1, 0.15) is 28.5 Å². The number of ether oxygens (including phenoxy) is 3. The fourth-order valence-corrected chi connectivity index (χ4v) is 5.11. The number of methoxy groups -OCH3 is 3. The van der Waals surface area contributed by atoms with Crippen molar-refractivity contribution in [1.29, 1.82) is 0 Å². The molecule has 4 rings (SSSR count). The lowest BCUT2D eigenvalue weighted by molar-refractivity contribution is 0.0985. The smallest absolute Gasteiger partial charge is 0.243 e. The molecular weight excluding hydrogens is 510 g/mol. The topological polar surface area (TPSA) is 143 Å². The molecule has 0 fully saturated rings. The van der Waals surface area contributed by atoms with Crippen LogP contribution in [0.4, 0.5) is 5.95 Å². The number of nitrogens with one attached hydrogen (secondary N) is 1. The van der Waals surface area contributed by atoms with Gasteiger partial charge in [-0.05, 0) is 44.5 Å². The van der Waals surface area contributed by atoms with Crippen molar-refractivity contribution in [3.8, 4) is 28.6 Å². The molecule has 0 saturated carbocycles. The normalized spacial score (nSPS) is 13.1. The van der Waals surface area contributed by atoms with Gasteiger partial charge in [0.15, 0.2) is 5.82 Å². The van der Waals surface area contributed by atoms with E-state index in [-0.39, 0.29) is 5.95 Å². The highest BCUT2D eigenvalue weighted by molar-refractivity contribution is 7.93. The summed E-state index contributed by atoms with van der Waals surface area (Å²) in [7, 11) is 0.343. The Balaban J connectivity index is 1.84. The quantitative estimate of drug-likeness (QED) is 0.319. The number of sulfonamides is 1. The van der Waals surface area contributed by atoms with Gasteiger partial charge in [-0.25, -0.2) is 8.42 Å². The van der Waals surface area contributed by atoms with E-state index in [9.17, 15) is 8.42 Å². The molecule has 3 aromatic heterocycles. The van der Waals surface area contributed by atoms with Crippen molar-refractivity contribution in [1.82, 2.24) is 29.7 Å². The van der Waals surface area contributed by atoms with Crippen LogP contribution in [0.2, 0.25) is 0 Å². The Morgan fingerprint density at radius 3 is 2.24 bits per heavy atom. The summed E-state index contributed by atoms with van der Waals surface area (Å²) >= 11 is 0. The van der Waals surface area contributed by atoms with Gasteiger partial charge in [-0.3, -0.25) is 24.2 Å². The van der Waals surface area contributed by atoms with Gasteiger partial charge in [0.05, 0.1) is 31.8 Å². The lowest BCUT2D eigenvalue weighted by Crippen LogP contribution is -2.33. The zero-order valence-electron chi connectivity index (χ0n) is 21.9. The summed E-state index contributed by atoms with van der Waals surface area (Å²) < 4.78 is 48.1. The number of hydrogen-bond acceptors (Lipinski definition) is 10. The summed E-state index contributed by atoms with van der Waals surface area (Å²) in [4.78, 5) is 12.8. The molecule has 0 saturated heterocycles. The van der Waals surface area contributed by atoms with Crippen LogP contribution in [0.5, 0.6) is 11.5 Å². The van der Waals surface area contributed by atoms with Crippen molar-refractivity contribution < 1.29 is 22.6 Å². The maximum atomic E-state index is 13.6. The summed E-state index contributed by atoms with van der Waals surface area (Å²) in [6.45, 7) is 5.21. The number of para-hydroxylation sites is 1. The monoisotopic (exact) mass is 539 g/mol. The van der Waals surface area contributed by atoms with Gasteiger partial charge in [-0.15, -0.1) is 10.2 Å². The first kappa shape index (κ1) is 26.9. The van der Waals surface area contributed by atoms with E-state index in [1.54, 1.807) is 43.7 Å². The number of anilines is 1. The fourth-order valence-electron chi connectivity index (χ4n) is 3.96. The van der Waals surface area contributed by atoms with Crippen molar-refractivity contribution in [2.45, 2.75) is 32.1 Å². The second-order valence-electron chi connectivity index (χ2n) is 8.54. The molecule has 0 amide bonds. The molecule has 0 bridgehead atoms. The van der Waals surface area contributed by atoms with E-state index in [1.807, 2.05) is 13.0 Å². The zero-order chi connectivity index (χ0) is 27.4. The van der Waals surface area contributed by atoms with Gasteiger partial charge >= 0.3 is 0 Å². The second-order valence-corrected chi connectivity index (χ2v) is 10.6. The van der Waals surface area contributed by atoms with Crippen LogP contribution in [0.1, 0.15) is 30.0 Å². The molecule has 0 aliphatic rings. The van der Waals surface area contributed by atoms with Gasteiger partial charge < -0.3 is 14.2 Å². The molecule has 0 aliphatic heterocycles. The van der Waals surface area contributed by atoms with E-state index in [2.05, 4.69) is 29.9 Å². The largest absolute Gasteiger partial charge is 0.494 e. The summed E-state index contributed by atoms with van der Waals surface area (Å²) in [5.74, 6) is 1.11. The number of benzene rings is 1. The van der Waals surface area contributed by atoms with Crippen molar-refractivity contribution in [3.05, 3.63) is 66.0 Å². The second kappa shape index (κ2) is 11.1. The van der Waals surface area contributed by atoms with E-state index >= 15 is 0 Å². The molecular formula is C25H29N7O5S. The van der Waals surface area contributed by atoms with Crippen LogP contribution < -0.4 is 14.2 Å². The lowest BCUT2D eigenvalue weighted by atomic mass is 10.2. The number of pyridine rings is 1. The molecule has 12 nitrogen and oxygen atoms in total. The van der Waals surface area contributed by atoms with E-state index < -0.39 is 21.4 Å². The standard InChI is InChI=1S/C25H29N7O5S/c1-15-10-18(13-26-11-15)24-29-30-25(32(24)22-20(35-4)8-7-9-21(22)36-5)31-38(33,34)17(3)23(37-6)19-14-27-16(2)12-28-19/h7-14,17,23H,1-6H3,(H,30,31)/t17-,23+/m1/s1. The Hall–Kier alpha value is -4.10. The molecule has 38 heavy (non-hydrogen) atoms. The fraction of sp³-hybridized carbons (Fsp3) is 0.320. The summed E-state index contributed by atoms with van der Waals surface area (Å²) in [5.41, 5.74) is 3.01. The summed E-state index contributed by atoms with van der Waals surface area (Å²) in [5, 5.41) is 7.44. The summed E-state index contributed by atoms with van der Waals surface area (Å²) in [6, 6.07) is 7.09. The molecule has 13 heteroatoms. The van der Waals surface area contributed by atoms with Crippen LogP contribution in [-0.4, -0.2) is 64.7 Å². The van der Waals surface area contributed by atoms with Crippen LogP contribution in [0.25, 0.3) is 17.1 Å². The number of nitrogens with zero attached hydrogens (tertiary/aromatic N) is 6. The molecule has 0 aliphatic carbocycles. The van der Waals surface area contributed by atoms with Crippen molar-refractivity contribution in [3.63, 3.8) is 0 Å². The van der Waals surface area contributed by atoms with Gasteiger partial charge in [0.2, 0.25) is 16.0 Å². The van der Waals surface area contributed by atoms with E-state index in [0.717, 1.165) is 5.56 Å². The Morgan fingerprint density at radius 2 is 1.66 bits per heavy atom. The predicted molar refractivity (Wildman–Crippen MR) is 141 cm³/mol. The molecule has 0 unspecified atom stereocenters. The molecule has 2 atom stereocenters. The van der Waals surface area contributed by atoms with Gasteiger partial charge in [0.25, 0.3) is 0 Å². The Bertz CT molecular complexity index is 1500. The van der Waals surface area contributed by atoms with Gasteiger partial charge in [-0.1, -0.05) is 6.07 Å². The van der Waals surface area contributed by atoms with Crippen molar-refractivity contribution >= 4 is 16.0 Å². The lowest BCUT2D eigenvalue weighted by Gasteiger charge is -2.23. The number of aryl methyl sites for hydroxylation is 2. The first-order valence-electron chi connectivity index (χ1n) is 11.6. The minimum Gasteiger partial charge on any atom is -0.494 e. The first-order chi connectivity index (χ1) is 18.2. The van der Waals surface area contributed by atoms with Gasteiger partial charge in [0, 0.05) is 31.3 Å². The Labute approximate surface area is 221 Å². The van der Waals surface area contributed by atoms with Crippen molar-refractivity contribution in [2.24, 2.45) is 0 Å². The third-order valence-electron chi connectivity index (χ3n) is 5.92. The Morgan fingerprint density at radius 1 is 0.947 bits per heavy atom. The highest BCUT2D eigenvalue weighted by Crippen LogP contribution is 2.38. The number of rotatable bonds is 10. The SMILES string of the molecule is COc1cccc(OC)c1-n1c(NS(=O)(=O)[C@H](C)[C@H](OC)c2cnc(C)cn2)nnc1-c1cncc(C)c1. The van der Waals surface area contributed by atoms with Gasteiger partial charge in [-0.2, -0.15) is 0 Å². The molecule has 1 aromatic carbocycles. The van der Waals surface area contributed by atoms with E-state index in [0.29, 0.717) is 40.0 Å². The number of hydrogen-bond donors (Lipinski definition) is 1. The average Bonchev–Trinajstić information content (AvgIpc) is 3.31. The molecule has 3 heterocycles. The molecule has 200 valence electrons. The minimum atomic E-state index is -4.09. The van der Waals surface area contributed by atoms with Crippen LogP contribution in [0, 0.1) is 13.8 Å². The third-order valence-corrected chi connectivity index (χ3v) is 7.61. The highest BCUT2D eigenvalue weighted by atomic mass is 32.2. The summed E-state index contributed by atoms with van der Waals surface area (Å²) in [6.07, 6.45) is 5.49. The third kappa shape index (κ3) is 5.29. The predicted octanol–water partition coefficient (Wildman–Crippen LogP) is 3.27. The maximum absolute atomic E-state index is 13.6. The minimum absolute atomic E-state index is 0.0685. The molecule has 4 aromatic rings. The molecule has 0 spiro atoms. The first-order valence-corrected chi connectivity index (χ1v) is 13.2. The molecule has 0 radical (unpaired) electrons. The van der Waals surface area contributed by atoms with E-state index in [1.165, 1.54) is 39.0 Å². The number of aromatic nitrogens is 6. The van der Waals surface area contributed by atoms with Crippen LogP contribution in [0.15, 0.2) is 49.1 Å². The maximum Gasteiger partial charge on any atom is 0.243 e. The van der Waals surface area contributed by atoms with Crippen LogP contribution in [0.3, 0.4) is 0 Å². The van der Waals surface area contributed by atoms with Crippen LogP contribution >= 0.6 is 0 Å². The Kier molecular flexibility index (Phi) is 7.88. The zero-order valence-corrected chi connectivity index (χ0v) is 22.7. The van der Waals surface area contributed by atoms with Crippen molar-refractivity contribution in [2.75, 3.05) is 26.1 Å². The average molecular weight is 540 g/mol. The van der Waals surface area contributed by atoms with E-state index in [4.69, 9.17) is 14.2 Å².